The molecule has 0 aliphatic rings. The molecule has 0 aromatic heterocycles. The van der Waals surface area contributed by atoms with E-state index < -0.39 is 15.8 Å². The van der Waals surface area contributed by atoms with E-state index in [9.17, 15) is 12.8 Å². The Morgan fingerprint density at radius 1 is 1.24 bits per heavy atom. The highest BCUT2D eigenvalue weighted by Gasteiger charge is 2.16. The molecule has 0 radical (unpaired) electrons. The van der Waals surface area contributed by atoms with Crippen molar-refractivity contribution in [2.45, 2.75) is 11.5 Å². The SMILES string of the molecule is NS(=O)(=O)c1cc(Cl)ccc1OCc1cc(F)ccc1Br. The molecular formula is C13H10BrClFNO3S. The summed E-state index contributed by atoms with van der Waals surface area (Å²) in [6.45, 7) is -0.0253. The zero-order chi connectivity index (χ0) is 15.6. The second-order valence-electron chi connectivity index (χ2n) is 4.16. The Bertz CT molecular complexity index is 783. The Morgan fingerprint density at radius 3 is 2.62 bits per heavy atom. The fourth-order valence-corrected chi connectivity index (χ4v) is 2.93. The lowest BCUT2D eigenvalue weighted by Gasteiger charge is -2.11. The van der Waals surface area contributed by atoms with Gasteiger partial charge in [-0.3, -0.25) is 0 Å². The quantitative estimate of drug-likeness (QED) is 0.863. The van der Waals surface area contributed by atoms with E-state index in [-0.39, 0.29) is 22.3 Å². The van der Waals surface area contributed by atoms with Gasteiger partial charge in [0.1, 0.15) is 23.1 Å². The van der Waals surface area contributed by atoms with Crippen molar-refractivity contribution < 1.29 is 17.5 Å². The third kappa shape index (κ3) is 4.16. The molecule has 2 aromatic rings. The number of sulfonamides is 1. The minimum absolute atomic E-state index is 0.0253. The van der Waals surface area contributed by atoms with E-state index >= 15 is 0 Å². The van der Waals surface area contributed by atoms with Gasteiger partial charge in [-0.15, -0.1) is 0 Å². The van der Waals surface area contributed by atoms with Gasteiger partial charge in [-0.1, -0.05) is 27.5 Å². The smallest absolute Gasteiger partial charge is 0.241 e. The first-order chi connectivity index (χ1) is 9.77. The number of hydrogen-bond donors (Lipinski definition) is 1. The van der Waals surface area contributed by atoms with Crippen molar-refractivity contribution in [3.63, 3.8) is 0 Å². The molecule has 2 N–H and O–H groups in total. The fourth-order valence-electron chi connectivity index (χ4n) is 1.63. The molecular weight excluding hydrogens is 385 g/mol. The van der Waals surface area contributed by atoms with E-state index in [0.29, 0.717) is 10.0 Å². The third-order valence-corrected chi connectivity index (χ3v) is 4.54. The molecule has 112 valence electrons. The molecule has 0 atom stereocenters. The Labute approximate surface area is 134 Å². The van der Waals surface area contributed by atoms with Gasteiger partial charge in [0, 0.05) is 15.1 Å². The first-order valence-electron chi connectivity index (χ1n) is 5.66. The van der Waals surface area contributed by atoms with E-state index in [1.54, 1.807) is 0 Å². The Morgan fingerprint density at radius 2 is 1.95 bits per heavy atom. The van der Waals surface area contributed by atoms with Gasteiger partial charge < -0.3 is 4.74 Å². The molecule has 4 nitrogen and oxygen atoms in total. The van der Waals surface area contributed by atoms with Crippen molar-refractivity contribution in [2.75, 3.05) is 0 Å². The molecule has 0 fully saturated rings. The second-order valence-corrected chi connectivity index (χ2v) is 6.98. The van der Waals surface area contributed by atoms with Crippen LogP contribution in [0, 0.1) is 5.82 Å². The first kappa shape index (κ1) is 16.2. The highest BCUT2D eigenvalue weighted by Crippen LogP contribution is 2.28. The second kappa shape index (κ2) is 6.31. The maximum atomic E-state index is 13.2. The monoisotopic (exact) mass is 393 g/mol. The predicted molar refractivity (Wildman–Crippen MR) is 81.3 cm³/mol. The van der Waals surface area contributed by atoms with Gasteiger partial charge in [0.15, 0.2) is 0 Å². The van der Waals surface area contributed by atoms with Crippen LogP contribution in [-0.2, 0) is 16.6 Å². The minimum atomic E-state index is -3.97. The number of halogens is 3. The summed E-state index contributed by atoms with van der Waals surface area (Å²) in [6, 6.07) is 8.20. The molecule has 0 spiro atoms. The topological polar surface area (TPSA) is 69.4 Å². The van der Waals surface area contributed by atoms with E-state index in [2.05, 4.69) is 15.9 Å². The Kier molecular flexibility index (Phi) is 4.88. The van der Waals surface area contributed by atoms with E-state index in [1.807, 2.05) is 0 Å². The van der Waals surface area contributed by atoms with Crippen molar-refractivity contribution in [3.05, 3.63) is 57.3 Å². The average molecular weight is 395 g/mol. The molecule has 0 saturated carbocycles. The number of ether oxygens (including phenoxy) is 1. The maximum Gasteiger partial charge on any atom is 0.241 e. The van der Waals surface area contributed by atoms with Gasteiger partial charge in [0.2, 0.25) is 10.0 Å². The Hall–Kier alpha value is -1.15. The van der Waals surface area contributed by atoms with Crippen molar-refractivity contribution in [1.82, 2.24) is 0 Å². The normalized spacial score (nSPS) is 11.4. The zero-order valence-corrected chi connectivity index (χ0v) is 13.7. The third-order valence-electron chi connectivity index (χ3n) is 2.60. The zero-order valence-electron chi connectivity index (χ0n) is 10.5. The van der Waals surface area contributed by atoms with Crippen LogP contribution in [0.2, 0.25) is 5.02 Å². The van der Waals surface area contributed by atoms with Gasteiger partial charge in [0.25, 0.3) is 0 Å². The van der Waals surface area contributed by atoms with Crippen LogP contribution in [0.25, 0.3) is 0 Å². The number of rotatable bonds is 4. The summed E-state index contributed by atoms with van der Waals surface area (Å²) in [5, 5.41) is 5.33. The summed E-state index contributed by atoms with van der Waals surface area (Å²) < 4.78 is 42.3. The van der Waals surface area contributed by atoms with Crippen LogP contribution in [0.1, 0.15) is 5.56 Å². The highest BCUT2D eigenvalue weighted by molar-refractivity contribution is 9.10. The van der Waals surface area contributed by atoms with Crippen LogP contribution in [0.15, 0.2) is 45.8 Å². The van der Waals surface area contributed by atoms with Crippen molar-refractivity contribution in [1.29, 1.82) is 0 Å². The molecule has 0 saturated heterocycles. The van der Waals surface area contributed by atoms with Crippen molar-refractivity contribution >= 4 is 37.6 Å². The minimum Gasteiger partial charge on any atom is -0.487 e. The summed E-state index contributed by atoms with van der Waals surface area (Å²) in [6.07, 6.45) is 0. The van der Waals surface area contributed by atoms with Crippen molar-refractivity contribution in [3.8, 4) is 5.75 Å². The fraction of sp³-hybridized carbons (Fsp3) is 0.0769. The summed E-state index contributed by atoms with van der Waals surface area (Å²) in [5.41, 5.74) is 0.533. The molecule has 0 heterocycles. The standard InChI is InChI=1S/C13H10BrClFNO3S/c14-11-3-2-10(16)5-8(11)7-20-12-4-1-9(15)6-13(12)21(17,18)19/h1-6H,7H2,(H2,17,18,19). The molecule has 8 heteroatoms. The van der Waals surface area contributed by atoms with E-state index in [0.717, 1.165) is 0 Å². The van der Waals surface area contributed by atoms with Crippen LogP contribution in [-0.4, -0.2) is 8.42 Å². The van der Waals surface area contributed by atoms with Gasteiger partial charge in [-0.25, -0.2) is 17.9 Å². The summed E-state index contributed by atoms with van der Waals surface area (Å²) in [5.74, 6) is -0.363. The maximum absolute atomic E-state index is 13.2. The van der Waals surface area contributed by atoms with Gasteiger partial charge >= 0.3 is 0 Å². The van der Waals surface area contributed by atoms with Gasteiger partial charge in [-0.2, -0.15) is 0 Å². The Balaban J connectivity index is 2.30. The molecule has 0 aliphatic carbocycles. The van der Waals surface area contributed by atoms with Gasteiger partial charge in [0.05, 0.1) is 0 Å². The summed E-state index contributed by atoms with van der Waals surface area (Å²) in [7, 11) is -3.97. The van der Waals surface area contributed by atoms with E-state index in [4.69, 9.17) is 21.5 Å². The number of benzene rings is 2. The lowest BCUT2D eigenvalue weighted by molar-refractivity contribution is 0.296. The van der Waals surface area contributed by atoms with Crippen LogP contribution >= 0.6 is 27.5 Å². The predicted octanol–water partition coefficient (Wildman–Crippen LogP) is 3.47. The average Bonchev–Trinajstić information content (AvgIpc) is 2.40. The molecule has 0 bridgehead atoms. The van der Waals surface area contributed by atoms with Crippen LogP contribution in [0.5, 0.6) is 5.75 Å². The van der Waals surface area contributed by atoms with E-state index in [1.165, 1.54) is 36.4 Å². The number of hydrogen-bond acceptors (Lipinski definition) is 3. The lowest BCUT2D eigenvalue weighted by atomic mass is 10.2. The first-order valence-corrected chi connectivity index (χ1v) is 8.38. The van der Waals surface area contributed by atoms with Crippen LogP contribution in [0.3, 0.4) is 0 Å². The summed E-state index contributed by atoms with van der Waals surface area (Å²) in [4.78, 5) is -0.220. The highest BCUT2D eigenvalue weighted by atomic mass is 79.9. The number of primary sulfonamides is 1. The van der Waals surface area contributed by atoms with Gasteiger partial charge in [-0.05, 0) is 36.4 Å². The molecule has 0 aliphatic heterocycles. The molecule has 21 heavy (non-hydrogen) atoms. The van der Waals surface area contributed by atoms with Crippen LogP contribution in [0.4, 0.5) is 4.39 Å². The van der Waals surface area contributed by atoms with Crippen molar-refractivity contribution in [2.24, 2.45) is 5.14 Å². The molecule has 2 rings (SSSR count). The van der Waals surface area contributed by atoms with Crippen LogP contribution < -0.4 is 9.88 Å². The lowest BCUT2D eigenvalue weighted by Crippen LogP contribution is -2.14. The molecule has 2 aromatic carbocycles. The molecule has 0 unspecified atom stereocenters. The largest absolute Gasteiger partial charge is 0.487 e. The molecule has 0 amide bonds. The summed E-state index contributed by atoms with van der Waals surface area (Å²) >= 11 is 9.02. The number of nitrogens with two attached hydrogens (primary N) is 1.